The van der Waals surface area contributed by atoms with Gasteiger partial charge >= 0.3 is 10.1 Å². The number of nitrogens with one attached hydrogen (secondary N) is 1. The number of hydrogen-bond donors (Lipinski definition) is 1. The van der Waals surface area contributed by atoms with Gasteiger partial charge in [0.15, 0.2) is 0 Å². The third kappa shape index (κ3) is 4.64. The minimum absolute atomic E-state index is 0.0330. The van der Waals surface area contributed by atoms with Gasteiger partial charge in [-0.1, -0.05) is 37.0 Å². The van der Waals surface area contributed by atoms with Gasteiger partial charge in [-0.2, -0.15) is 8.42 Å². The molecule has 0 bridgehead atoms. The van der Waals surface area contributed by atoms with E-state index in [4.69, 9.17) is 4.18 Å². The van der Waals surface area contributed by atoms with Crippen molar-refractivity contribution in [3.63, 3.8) is 0 Å². The maximum atomic E-state index is 12.3. The van der Waals surface area contributed by atoms with E-state index in [1.807, 2.05) is 6.92 Å². The Hall–Kier alpha value is -2.34. The second kappa shape index (κ2) is 7.91. The number of rotatable bonds is 5. The lowest BCUT2D eigenvalue weighted by Gasteiger charge is -2.20. The molecule has 1 amide bonds. The van der Waals surface area contributed by atoms with E-state index in [0.29, 0.717) is 5.69 Å². The lowest BCUT2D eigenvalue weighted by molar-refractivity contribution is -0.120. The molecular formula is C20H23NO4S. The van der Waals surface area contributed by atoms with E-state index < -0.39 is 10.1 Å². The second-order valence-corrected chi connectivity index (χ2v) is 8.25. The summed E-state index contributed by atoms with van der Waals surface area (Å²) >= 11 is 0. The van der Waals surface area contributed by atoms with Gasteiger partial charge < -0.3 is 9.50 Å². The molecule has 1 aliphatic rings. The minimum Gasteiger partial charge on any atom is -0.379 e. The van der Waals surface area contributed by atoms with Gasteiger partial charge in [-0.15, -0.1) is 0 Å². The molecule has 0 spiro atoms. The first kappa shape index (κ1) is 18.5. The zero-order valence-corrected chi connectivity index (χ0v) is 15.6. The Bertz CT molecular complexity index is 852. The highest BCUT2D eigenvalue weighted by Gasteiger charge is 2.21. The van der Waals surface area contributed by atoms with Crippen molar-refractivity contribution >= 4 is 21.7 Å². The van der Waals surface area contributed by atoms with Crippen molar-refractivity contribution in [3.8, 4) is 5.75 Å². The normalized spacial score (nSPS) is 15.4. The van der Waals surface area contributed by atoms with E-state index in [-0.39, 0.29) is 22.5 Å². The molecule has 0 aromatic heterocycles. The SMILES string of the molecule is Cc1ccc(S(=O)(=O)Oc2ccc(NC(=O)C3CCCCC3)cc2)cc1. The van der Waals surface area contributed by atoms with Crippen LogP contribution >= 0.6 is 0 Å². The van der Waals surface area contributed by atoms with E-state index >= 15 is 0 Å². The Labute approximate surface area is 154 Å². The van der Waals surface area contributed by atoms with Gasteiger partial charge in [0.25, 0.3) is 0 Å². The fraction of sp³-hybridized carbons (Fsp3) is 0.350. The number of carbonyl (C=O) groups excluding carboxylic acids is 1. The summed E-state index contributed by atoms with van der Waals surface area (Å²) in [6, 6.07) is 12.9. The first-order valence-electron chi connectivity index (χ1n) is 8.86. The van der Waals surface area contributed by atoms with Crippen LogP contribution in [0.3, 0.4) is 0 Å². The standard InChI is InChI=1S/C20H23NO4S/c1-15-7-13-19(14-8-15)26(23,24)25-18-11-9-17(10-12-18)21-20(22)16-5-3-2-4-6-16/h7-14,16H,2-6H2,1H3,(H,21,22). The molecule has 3 rings (SSSR count). The van der Waals surface area contributed by atoms with Crippen LogP contribution in [0.25, 0.3) is 0 Å². The highest BCUT2D eigenvalue weighted by Crippen LogP contribution is 2.26. The van der Waals surface area contributed by atoms with Crippen LogP contribution in [0.5, 0.6) is 5.75 Å². The largest absolute Gasteiger partial charge is 0.379 e. The molecule has 0 atom stereocenters. The van der Waals surface area contributed by atoms with Gasteiger partial charge in [0.1, 0.15) is 10.6 Å². The fourth-order valence-electron chi connectivity index (χ4n) is 3.08. The molecule has 0 saturated heterocycles. The van der Waals surface area contributed by atoms with Crippen molar-refractivity contribution < 1.29 is 17.4 Å². The zero-order chi connectivity index (χ0) is 18.6. The Kier molecular flexibility index (Phi) is 5.61. The van der Waals surface area contributed by atoms with Crippen LogP contribution in [0.2, 0.25) is 0 Å². The van der Waals surface area contributed by atoms with Crippen LogP contribution in [-0.4, -0.2) is 14.3 Å². The van der Waals surface area contributed by atoms with Gasteiger partial charge in [0.2, 0.25) is 5.91 Å². The molecule has 26 heavy (non-hydrogen) atoms. The summed E-state index contributed by atoms with van der Waals surface area (Å²) in [6.07, 6.45) is 5.26. The Morgan fingerprint density at radius 3 is 2.19 bits per heavy atom. The van der Waals surface area contributed by atoms with Gasteiger partial charge in [0, 0.05) is 11.6 Å². The summed E-state index contributed by atoms with van der Waals surface area (Å²) < 4.78 is 29.7. The monoisotopic (exact) mass is 373 g/mol. The maximum Gasteiger partial charge on any atom is 0.339 e. The Morgan fingerprint density at radius 1 is 0.962 bits per heavy atom. The molecule has 138 valence electrons. The highest BCUT2D eigenvalue weighted by molar-refractivity contribution is 7.87. The lowest BCUT2D eigenvalue weighted by Crippen LogP contribution is -2.24. The number of aryl methyl sites for hydroxylation is 1. The molecule has 0 unspecified atom stereocenters. The minimum atomic E-state index is -3.87. The third-order valence-corrected chi connectivity index (χ3v) is 5.87. The van der Waals surface area contributed by atoms with Crippen LogP contribution in [0, 0.1) is 12.8 Å². The molecule has 1 aliphatic carbocycles. The van der Waals surface area contributed by atoms with Crippen LogP contribution in [0.15, 0.2) is 53.4 Å². The second-order valence-electron chi connectivity index (χ2n) is 6.70. The predicted octanol–water partition coefficient (Wildman–Crippen LogP) is 4.28. The Balaban J connectivity index is 1.63. The smallest absolute Gasteiger partial charge is 0.339 e. The summed E-state index contributed by atoms with van der Waals surface area (Å²) in [5, 5.41) is 2.90. The molecule has 5 nitrogen and oxygen atoms in total. The van der Waals surface area contributed by atoms with E-state index in [1.54, 1.807) is 36.4 Å². The molecule has 0 radical (unpaired) electrons. The topological polar surface area (TPSA) is 72.5 Å². The molecule has 6 heteroatoms. The molecule has 1 fully saturated rings. The quantitative estimate of drug-likeness (QED) is 0.794. The maximum absolute atomic E-state index is 12.3. The molecule has 1 saturated carbocycles. The molecule has 2 aromatic carbocycles. The molecular weight excluding hydrogens is 350 g/mol. The van der Waals surface area contributed by atoms with Gasteiger partial charge in [0.05, 0.1) is 0 Å². The summed E-state index contributed by atoms with van der Waals surface area (Å²) in [7, 11) is -3.87. The summed E-state index contributed by atoms with van der Waals surface area (Å²) in [5.74, 6) is 0.313. The van der Waals surface area contributed by atoms with Crippen molar-refractivity contribution in [2.75, 3.05) is 5.32 Å². The first-order valence-corrected chi connectivity index (χ1v) is 10.3. The van der Waals surface area contributed by atoms with Crippen molar-refractivity contribution in [3.05, 3.63) is 54.1 Å². The summed E-state index contributed by atoms with van der Waals surface area (Å²) in [4.78, 5) is 12.4. The molecule has 2 aromatic rings. The zero-order valence-electron chi connectivity index (χ0n) is 14.8. The summed E-state index contributed by atoms with van der Waals surface area (Å²) in [6.45, 7) is 1.89. The van der Waals surface area contributed by atoms with Gasteiger partial charge in [-0.05, 0) is 56.2 Å². The van der Waals surface area contributed by atoms with E-state index in [1.165, 1.54) is 18.6 Å². The van der Waals surface area contributed by atoms with Crippen LogP contribution in [-0.2, 0) is 14.9 Å². The van der Waals surface area contributed by atoms with Crippen LogP contribution < -0.4 is 9.50 Å². The van der Waals surface area contributed by atoms with E-state index in [9.17, 15) is 13.2 Å². The summed E-state index contributed by atoms with van der Waals surface area (Å²) in [5.41, 5.74) is 1.61. The average Bonchev–Trinajstić information content (AvgIpc) is 2.64. The molecule has 0 heterocycles. The van der Waals surface area contributed by atoms with Gasteiger partial charge in [-0.25, -0.2) is 0 Å². The highest BCUT2D eigenvalue weighted by atomic mass is 32.2. The van der Waals surface area contributed by atoms with E-state index in [2.05, 4.69) is 5.32 Å². The third-order valence-electron chi connectivity index (χ3n) is 4.61. The van der Waals surface area contributed by atoms with E-state index in [0.717, 1.165) is 31.2 Å². The van der Waals surface area contributed by atoms with Crippen molar-refractivity contribution in [2.24, 2.45) is 5.92 Å². The number of anilines is 1. The van der Waals surface area contributed by atoms with Crippen molar-refractivity contribution in [1.82, 2.24) is 0 Å². The lowest BCUT2D eigenvalue weighted by atomic mass is 9.88. The number of benzene rings is 2. The number of carbonyl (C=O) groups is 1. The molecule has 1 N–H and O–H groups in total. The first-order chi connectivity index (χ1) is 12.4. The van der Waals surface area contributed by atoms with Gasteiger partial charge in [-0.3, -0.25) is 4.79 Å². The molecule has 0 aliphatic heterocycles. The predicted molar refractivity (Wildman–Crippen MR) is 101 cm³/mol. The van der Waals surface area contributed by atoms with Crippen molar-refractivity contribution in [2.45, 2.75) is 43.9 Å². The Morgan fingerprint density at radius 2 is 1.58 bits per heavy atom. The average molecular weight is 373 g/mol. The van der Waals surface area contributed by atoms with Crippen LogP contribution in [0.4, 0.5) is 5.69 Å². The fourth-order valence-corrected chi connectivity index (χ4v) is 4.01. The number of hydrogen-bond acceptors (Lipinski definition) is 4. The number of amides is 1. The van der Waals surface area contributed by atoms with Crippen molar-refractivity contribution in [1.29, 1.82) is 0 Å². The van der Waals surface area contributed by atoms with Crippen LogP contribution in [0.1, 0.15) is 37.7 Å².